The lowest BCUT2D eigenvalue weighted by atomic mass is 9.54. The molecule has 3 heterocycles. The monoisotopic (exact) mass is 623 g/mol. The number of likely N-dealkylation sites (tertiary alicyclic amines) is 1. The maximum Gasteiger partial charge on any atom is 0.435 e. The van der Waals surface area contributed by atoms with Crippen LogP contribution in [-0.2, 0) is 29.4 Å². The third-order valence-corrected chi connectivity index (χ3v) is 9.60. The van der Waals surface area contributed by atoms with Gasteiger partial charge in [-0.05, 0) is 119 Å². The van der Waals surface area contributed by atoms with Gasteiger partial charge in [0.2, 0.25) is 0 Å². The van der Waals surface area contributed by atoms with Crippen molar-refractivity contribution in [3.8, 4) is 0 Å². The molecule has 1 saturated heterocycles. The fourth-order valence-corrected chi connectivity index (χ4v) is 7.41. The molecule has 2 saturated carbocycles. The summed E-state index contributed by atoms with van der Waals surface area (Å²) in [5.41, 5.74) is 2.68. The molecule has 1 N–H and O–H groups in total. The van der Waals surface area contributed by atoms with Crippen LogP contribution in [0.25, 0.3) is 0 Å². The van der Waals surface area contributed by atoms with Crippen LogP contribution in [0.15, 0.2) is 42.7 Å². The predicted octanol–water partition coefficient (Wildman–Crippen LogP) is 8.09. The van der Waals surface area contributed by atoms with E-state index in [1.54, 1.807) is 12.4 Å². The Labute approximate surface area is 263 Å². The molecule has 45 heavy (non-hydrogen) atoms. The molecule has 2 aromatic heterocycles. The number of hydrogen-bond acceptors (Lipinski definition) is 6. The predicted molar refractivity (Wildman–Crippen MR) is 167 cm³/mol. The maximum atomic E-state index is 14.2. The first-order valence-corrected chi connectivity index (χ1v) is 16.1. The highest BCUT2D eigenvalue weighted by atomic mass is 19.4. The molecule has 3 fully saturated rings. The standard InChI is InChI=1S/C35H44F3N5O2/c1-23-8-7-13-42(18-23)20-25-14-28(35(36,37)38)29(40-16-25)17-39-27-10-6-9-26(15-27)34(21-33(22-34)11-12-33)30-24(2)19-43(41-30)31(44)45-32(3,4)5/h6,9-10,14-16,19,23,39H,7-8,11-13,17-18,20-22H2,1-5H3/t23-/m0/s1. The minimum absolute atomic E-state index is 0.0223. The van der Waals surface area contributed by atoms with Crippen molar-refractivity contribution in [3.05, 3.63) is 76.4 Å². The number of nitrogens with one attached hydrogen (secondary N) is 1. The van der Waals surface area contributed by atoms with Crippen LogP contribution >= 0.6 is 0 Å². The maximum absolute atomic E-state index is 14.2. The molecule has 0 bridgehead atoms. The Morgan fingerprint density at radius 1 is 1.16 bits per heavy atom. The number of carbonyl (C=O) groups excluding carboxylic acids is 1. The molecule has 3 aliphatic rings. The Balaban J connectivity index is 1.23. The lowest BCUT2D eigenvalue weighted by molar-refractivity contribution is -0.138. The molecular formula is C35H44F3N5O2. The summed E-state index contributed by atoms with van der Waals surface area (Å²) >= 11 is 0. The number of carbonyl (C=O) groups is 1. The van der Waals surface area contributed by atoms with E-state index in [0.29, 0.717) is 29.1 Å². The van der Waals surface area contributed by atoms with Crippen LogP contribution in [-0.4, -0.2) is 44.4 Å². The first-order valence-electron chi connectivity index (χ1n) is 16.1. The summed E-state index contributed by atoms with van der Waals surface area (Å²) in [5.74, 6) is 0.548. The number of ether oxygens (including phenoxy) is 1. The summed E-state index contributed by atoms with van der Waals surface area (Å²) < 4.78 is 49.4. The Hall–Kier alpha value is -3.40. The zero-order valence-corrected chi connectivity index (χ0v) is 26.9. The van der Waals surface area contributed by atoms with Crippen molar-refractivity contribution < 1.29 is 22.7 Å². The third-order valence-electron chi connectivity index (χ3n) is 9.60. The fraction of sp³-hybridized carbons (Fsp3) is 0.571. The minimum atomic E-state index is -4.50. The van der Waals surface area contributed by atoms with E-state index in [1.807, 2.05) is 45.9 Å². The van der Waals surface area contributed by atoms with Crippen LogP contribution in [0.1, 0.15) is 99.9 Å². The van der Waals surface area contributed by atoms with Crippen molar-refractivity contribution in [2.24, 2.45) is 11.3 Å². The summed E-state index contributed by atoms with van der Waals surface area (Å²) in [6.45, 7) is 11.8. The number of pyridine rings is 1. The van der Waals surface area contributed by atoms with Crippen molar-refractivity contribution in [2.75, 3.05) is 18.4 Å². The Morgan fingerprint density at radius 3 is 2.58 bits per heavy atom. The molecule has 1 aromatic carbocycles. The van der Waals surface area contributed by atoms with Crippen LogP contribution in [0.5, 0.6) is 0 Å². The van der Waals surface area contributed by atoms with Crippen molar-refractivity contribution in [2.45, 2.75) is 103 Å². The zero-order chi connectivity index (χ0) is 32.2. The number of piperidine rings is 1. The number of hydrogen-bond donors (Lipinski definition) is 1. The van der Waals surface area contributed by atoms with Gasteiger partial charge in [-0.25, -0.2) is 4.79 Å². The van der Waals surface area contributed by atoms with Crippen molar-refractivity contribution in [3.63, 3.8) is 0 Å². The molecule has 10 heteroatoms. The fourth-order valence-electron chi connectivity index (χ4n) is 7.41. The molecule has 0 amide bonds. The zero-order valence-electron chi connectivity index (χ0n) is 26.9. The number of halogens is 3. The Morgan fingerprint density at radius 2 is 1.91 bits per heavy atom. The second kappa shape index (κ2) is 11.4. The van der Waals surface area contributed by atoms with E-state index in [4.69, 9.17) is 9.84 Å². The van der Waals surface area contributed by atoms with E-state index < -0.39 is 23.4 Å². The number of alkyl halides is 3. The number of aryl methyl sites for hydroxylation is 1. The quantitative estimate of drug-likeness (QED) is 0.287. The van der Waals surface area contributed by atoms with Gasteiger partial charge in [-0.3, -0.25) is 9.88 Å². The summed E-state index contributed by atoms with van der Waals surface area (Å²) in [5, 5.41) is 7.98. The SMILES string of the molecule is Cc1cn(C(=O)OC(C)(C)C)nc1C1(c2cccc(NCc3ncc(CN4CCC[C@H](C)C4)cc3C(F)(F)F)c2)CC2(CC2)C1. The van der Waals surface area contributed by atoms with Crippen LogP contribution in [0.4, 0.5) is 23.7 Å². The highest BCUT2D eigenvalue weighted by molar-refractivity contribution is 5.70. The van der Waals surface area contributed by atoms with Crippen molar-refractivity contribution in [1.29, 1.82) is 0 Å². The molecule has 242 valence electrons. The van der Waals surface area contributed by atoms with Crippen molar-refractivity contribution in [1.82, 2.24) is 19.7 Å². The first-order chi connectivity index (χ1) is 21.1. The van der Waals surface area contributed by atoms with Crippen LogP contribution < -0.4 is 5.32 Å². The van der Waals surface area contributed by atoms with Gasteiger partial charge in [0.05, 0.1) is 23.5 Å². The molecule has 6 rings (SSSR count). The van der Waals surface area contributed by atoms with E-state index in [-0.39, 0.29) is 17.7 Å². The van der Waals surface area contributed by atoms with E-state index in [0.717, 1.165) is 55.6 Å². The van der Waals surface area contributed by atoms with Gasteiger partial charge in [0.1, 0.15) is 5.60 Å². The average molecular weight is 624 g/mol. The summed E-state index contributed by atoms with van der Waals surface area (Å²) in [6.07, 6.45) is 4.71. The molecule has 0 radical (unpaired) electrons. The van der Waals surface area contributed by atoms with Gasteiger partial charge < -0.3 is 10.1 Å². The van der Waals surface area contributed by atoms with Gasteiger partial charge in [-0.2, -0.15) is 23.0 Å². The van der Waals surface area contributed by atoms with E-state index >= 15 is 0 Å². The molecule has 3 aromatic rings. The molecule has 1 aliphatic heterocycles. The smallest absolute Gasteiger partial charge is 0.435 e. The number of rotatable bonds is 7. The summed E-state index contributed by atoms with van der Waals surface area (Å²) in [4.78, 5) is 19.3. The summed E-state index contributed by atoms with van der Waals surface area (Å²) in [6, 6.07) is 9.14. The number of aromatic nitrogens is 3. The molecule has 2 aliphatic carbocycles. The van der Waals surface area contributed by atoms with Gasteiger partial charge in [0, 0.05) is 36.6 Å². The van der Waals surface area contributed by atoms with Crippen LogP contribution in [0.2, 0.25) is 0 Å². The second-order valence-electron chi connectivity index (χ2n) is 14.8. The lowest BCUT2D eigenvalue weighted by Crippen LogP contribution is -2.44. The highest BCUT2D eigenvalue weighted by Crippen LogP contribution is 2.71. The molecule has 1 spiro atoms. The van der Waals surface area contributed by atoms with E-state index in [9.17, 15) is 18.0 Å². The Kier molecular flexibility index (Phi) is 8.03. The molecule has 1 atom stereocenters. The lowest BCUT2D eigenvalue weighted by Gasteiger charge is -2.49. The topological polar surface area (TPSA) is 72.3 Å². The minimum Gasteiger partial charge on any atom is -0.442 e. The molecular weight excluding hydrogens is 579 g/mol. The third kappa shape index (κ3) is 6.76. The van der Waals surface area contributed by atoms with Gasteiger partial charge in [-0.1, -0.05) is 19.1 Å². The summed E-state index contributed by atoms with van der Waals surface area (Å²) in [7, 11) is 0. The normalized spacial score (nSPS) is 20.9. The largest absolute Gasteiger partial charge is 0.442 e. The van der Waals surface area contributed by atoms with Gasteiger partial charge in [0.25, 0.3) is 0 Å². The number of anilines is 1. The van der Waals surface area contributed by atoms with Crippen LogP contribution in [0, 0.1) is 18.3 Å². The van der Waals surface area contributed by atoms with Crippen molar-refractivity contribution >= 4 is 11.8 Å². The number of benzene rings is 1. The van der Waals surface area contributed by atoms with Gasteiger partial charge in [-0.15, -0.1) is 0 Å². The second-order valence-corrected chi connectivity index (χ2v) is 14.8. The highest BCUT2D eigenvalue weighted by Gasteiger charge is 2.63. The van der Waals surface area contributed by atoms with Gasteiger partial charge >= 0.3 is 12.3 Å². The first kappa shape index (κ1) is 31.6. The van der Waals surface area contributed by atoms with Gasteiger partial charge in [0.15, 0.2) is 0 Å². The average Bonchev–Trinajstić information content (AvgIpc) is 3.63. The molecule has 7 nitrogen and oxygen atoms in total. The number of nitrogens with zero attached hydrogens (tertiary/aromatic N) is 4. The van der Waals surface area contributed by atoms with E-state index in [1.165, 1.54) is 23.6 Å². The Bertz CT molecular complexity index is 1560. The molecule has 0 unspecified atom stereocenters. The van der Waals surface area contributed by atoms with Crippen LogP contribution in [0.3, 0.4) is 0 Å². The van der Waals surface area contributed by atoms with E-state index in [2.05, 4.69) is 28.2 Å².